The molecule has 134 valence electrons. The Morgan fingerprint density at radius 2 is 0.923 bits per heavy atom. The lowest BCUT2D eigenvalue weighted by Crippen LogP contribution is -2.27. The molecule has 0 bridgehead atoms. The predicted molar refractivity (Wildman–Crippen MR) is 104 cm³/mol. The van der Waals surface area contributed by atoms with Gasteiger partial charge in [0.15, 0.2) is 0 Å². The number of rotatable bonds is 3. The quantitative estimate of drug-likeness (QED) is 0.797. The van der Waals surface area contributed by atoms with Crippen LogP contribution in [-0.2, 0) is 0 Å². The van der Waals surface area contributed by atoms with E-state index in [0.717, 1.165) is 0 Å². The Labute approximate surface area is 153 Å². The van der Waals surface area contributed by atoms with Crippen molar-refractivity contribution in [3.8, 4) is 0 Å². The number of hydrogen-bond donors (Lipinski definition) is 0. The van der Waals surface area contributed by atoms with Crippen LogP contribution in [0.4, 0.5) is 9.59 Å². The highest BCUT2D eigenvalue weighted by Gasteiger charge is 2.18. The highest BCUT2D eigenvalue weighted by atomic mass is 16.2. The molecule has 2 aromatic rings. The van der Waals surface area contributed by atoms with E-state index < -0.39 is 12.1 Å². The molecule has 0 spiro atoms. The zero-order valence-corrected chi connectivity index (χ0v) is 15.4. The molecule has 4 amide bonds. The van der Waals surface area contributed by atoms with Crippen molar-refractivity contribution in [2.75, 3.05) is 28.2 Å². The van der Waals surface area contributed by atoms with Gasteiger partial charge in [0.2, 0.25) is 0 Å². The van der Waals surface area contributed by atoms with Gasteiger partial charge in [-0.25, -0.2) is 9.59 Å². The fourth-order valence-corrected chi connectivity index (χ4v) is 2.09. The first-order valence-electron chi connectivity index (χ1n) is 8.11. The molecule has 0 aliphatic rings. The molecule has 0 radical (unpaired) electrons. The molecule has 6 nitrogen and oxygen atoms in total. The van der Waals surface area contributed by atoms with E-state index in [2.05, 4.69) is 9.98 Å². The highest BCUT2D eigenvalue weighted by Crippen LogP contribution is 2.12. The van der Waals surface area contributed by atoms with E-state index in [0.29, 0.717) is 22.6 Å². The summed E-state index contributed by atoms with van der Waals surface area (Å²) in [6.45, 7) is 0. The molecule has 0 saturated carbocycles. The van der Waals surface area contributed by atoms with E-state index in [4.69, 9.17) is 0 Å². The standard InChI is InChI=1S/C20H22N4O2/c1-23(2)19(25)21-17(15-11-7-5-8-12-15)18(22-20(26)24(3)4)16-13-9-6-10-14-16/h5-14H,1-4H3/b21-17-,22-18-. The number of amides is 4. The molecule has 0 aliphatic heterocycles. The minimum Gasteiger partial charge on any atom is -0.329 e. The van der Waals surface area contributed by atoms with Crippen LogP contribution in [0.25, 0.3) is 0 Å². The van der Waals surface area contributed by atoms with Crippen LogP contribution in [0.5, 0.6) is 0 Å². The zero-order valence-electron chi connectivity index (χ0n) is 15.4. The van der Waals surface area contributed by atoms with Gasteiger partial charge in [-0.05, 0) is 0 Å². The molecule has 0 N–H and O–H groups in total. The van der Waals surface area contributed by atoms with Crippen LogP contribution in [0, 0.1) is 0 Å². The maximum absolute atomic E-state index is 12.3. The Balaban J connectivity index is 2.69. The monoisotopic (exact) mass is 350 g/mol. The predicted octanol–water partition coefficient (Wildman–Crippen LogP) is 3.33. The Morgan fingerprint density at radius 1 is 0.615 bits per heavy atom. The third-order valence-electron chi connectivity index (χ3n) is 3.50. The van der Waals surface area contributed by atoms with Crippen LogP contribution < -0.4 is 0 Å². The largest absolute Gasteiger partial charge is 0.343 e. The van der Waals surface area contributed by atoms with Crippen LogP contribution in [0.2, 0.25) is 0 Å². The van der Waals surface area contributed by atoms with Crippen LogP contribution >= 0.6 is 0 Å². The van der Waals surface area contributed by atoms with Crippen LogP contribution in [0.1, 0.15) is 11.1 Å². The van der Waals surface area contributed by atoms with Crippen LogP contribution in [-0.4, -0.2) is 61.5 Å². The van der Waals surface area contributed by atoms with E-state index >= 15 is 0 Å². The molecular weight excluding hydrogens is 328 g/mol. The lowest BCUT2D eigenvalue weighted by molar-refractivity contribution is 0.226. The summed E-state index contributed by atoms with van der Waals surface area (Å²) < 4.78 is 0. The van der Waals surface area contributed by atoms with Gasteiger partial charge in [0.25, 0.3) is 0 Å². The van der Waals surface area contributed by atoms with Gasteiger partial charge in [-0.15, -0.1) is 0 Å². The van der Waals surface area contributed by atoms with Crippen molar-refractivity contribution < 1.29 is 9.59 Å². The molecular formula is C20H22N4O2. The van der Waals surface area contributed by atoms with E-state index in [1.165, 1.54) is 9.80 Å². The van der Waals surface area contributed by atoms with Crippen molar-refractivity contribution in [3.63, 3.8) is 0 Å². The van der Waals surface area contributed by atoms with E-state index in [9.17, 15) is 9.59 Å². The number of urea groups is 2. The third kappa shape index (κ3) is 4.86. The Kier molecular flexibility index (Phi) is 6.38. The molecule has 0 heterocycles. The minimum absolute atomic E-state index is 0.353. The van der Waals surface area contributed by atoms with Gasteiger partial charge >= 0.3 is 12.1 Å². The van der Waals surface area contributed by atoms with E-state index in [-0.39, 0.29) is 0 Å². The molecule has 6 heteroatoms. The van der Waals surface area contributed by atoms with Crippen molar-refractivity contribution in [2.24, 2.45) is 9.98 Å². The van der Waals surface area contributed by atoms with Gasteiger partial charge in [-0.1, -0.05) is 60.7 Å². The highest BCUT2D eigenvalue weighted by molar-refractivity contribution is 6.55. The lowest BCUT2D eigenvalue weighted by Gasteiger charge is -2.14. The fourth-order valence-electron chi connectivity index (χ4n) is 2.09. The Morgan fingerprint density at radius 3 is 1.19 bits per heavy atom. The first-order chi connectivity index (χ1) is 12.4. The number of aliphatic imine (C=N–C) groups is 2. The molecule has 0 fully saturated rings. The van der Waals surface area contributed by atoms with Gasteiger partial charge < -0.3 is 9.80 Å². The normalized spacial score (nSPS) is 11.8. The maximum atomic E-state index is 12.3. The molecule has 0 aromatic heterocycles. The Hall–Kier alpha value is -3.28. The van der Waals surface area contributed by atoms with Gasteiger partial charge in [-0.3, -0.25) is 0 Å². The van der Waals surface area contributed by atoms with E-state index in [1.807, 2.05) is 60.7 Å². The second kappa shape index (κ2) is 8.71. The average molecular weight is 350 g/mol. The van der Waals surface area contributed by atoms with Gasteiger partial charge in [-0.2, -0.15) is 9.98 Å². The molecule has 2 aromatic carbocycles. The second-order valence-corrected chi connectivity index (χ2v) is 6.01. The molecule has 2 rings (SSSR count). The van der Waals surface area contributed by atoms with Crippen molar-refractivity contribution in [2.45, 2.75) is 0 Å². The minimum atomic E-state index is -0.426. The summed E-state index contributed by atoms with van der Waals surface area (Å²) in [7, 11) is 6.50. The first kappa shape index (κ1) is 19.1. The van der Waals surface area contributed by atoms with Crippen LogP contribution in [0.15, 0.2) is 70.6 Å². The second-order valence-electron chi connectivity index (χ2n) is 6.01. The van der Waals surface area contributed by atoms with Crippen molar-refractivity contribution >= 4 is 23.5 Å². The molecule has 0 saturated heterocycles. The summed E-state index contributed by atoms with van der Waals surface area (Å²) in [5.41, 5.74) is 2.12. The zero-order chi connectivity index (χ0) is 19.1. The summed E-state index contributed by atoms with van der Waals surface area (Å²) >= 11 is 0. The smallest absolute Gasteiger partial charge is 0.329 e. The molecule has 26 heavy (non-hydrogen) atoms. The summed E-state index contributed by atoms with van der Waals surface area (Å²) in [5.74, 6) is 0. The topological polar surface area (TPSA) is 65.3 Å². The van der Waals surface area contributed by atoms with E-state index in [1.54, 1.807) is 28.2 Å². The van der Waals surface area contributed by atoms with Crippen LogP contribution in [0.3, 0.4) is 0 Å². The summed E-state index contributed by atoms with van der Waals surface area (Å²) in [4.78, 5) is 35.8. The number of carbonyl (C=O) groups is 2. The van der Waals surface area contributed by atoms with Gasteiger partial charge in [0.1, 0.15) is 11.4 Å². The summed E-state index contributed by atoms with van der Waals surface area (Å²) in [5, 5.41) is 0. The Bertz CT molecular complexity index is 754. The summed E-state index contributed by atoms with van der Waals surface area (Å²) in [6.07, 6.45) is 0. The summed E-state index contributed by atoms with van der Waals surface area (Å²) in [6, 6.07) is 17.6. The number of nitrogens with zero attached hydrogens (tertiary/aromatic N) is 4. The molecule has 0 aliphatic carbocycles. The van der Waals surface area contributed by atoms with Crippen molar-refractivity contribution in [1.29, 1.82) is 0 Å². The number of benzene rings is 2. The van der Waals surface area contributed by atoms with Gasteiger partial charge in [0, 0.05) is 39.3 Å². The SMILES string of the molecule is CN(C)C(=O)/N=C(\C(=N/C(=O)N(C)C)c1ccccc1)c1ccccc1. The fraction of sp³-hybridized carbons (Fsp3) is 0.200. The number of carbonyl (C=O) groups excluding carboxylic acids is 2. The maximum Gasteiger partial charge on any atom is 0.343 e. The average Bonchev–Trinajstić information content (AvgIpc) is 2.65. The van der Waals surface area contributed by atoms with Crippen molar-refractivity contribution in [1.82, 2.24) is 9.80 Å². The first-order valence-corrected chi connectivity index (χ1v) is 8.11. The van der Waals surface area contributed by atoms with Gasteiger partial charge in [0.05, 0.1) is 0 Å². The lowest BCUT2D eigenvalue weighted by atomic mass is 9.99. The molecule has 0 atom stereocenters. The van der Waals surface area contributed by atoms with Crippen molar-refractivity contribution in [3.05, 3.63) is 71.8 Å². The number of hydrogen-bond acceptors (Lipinski definition) is 2. The third-order valence-corrected chi connectivity index (χ3v) is 3.50. The molecule has 0 unspecified atom stereocenters.